The number of fused-ring (bicyclic) bond motifs is 1. The molecule has 0 radical (unpaired) electrons. The van der Waals surface area contributed by atoms with Crippen LogP contribution in [0, 0.1) is 0 Å². The van der Waals surface area contributed by atoms with E-state index in [0.717, 1.165) is 12.4 Å². The van der Waals surface area contributed by atoms with Crippen molar-refractivity contribution >= 4 is 36.2 Å². The molecule has 0 bridgehead atoms. The predicted molar refractivity (Wildman–Crippen MR) is 72.8 cm³/mol. The molecule has 2 aromatic heterocycles. The van der Waals surface area contributed by atoms with Crippen molar-refractivity contribution in [2.75, 3.05) is 0 Å². The Labute approximate surface area is 113 Å². The number of halogens is 3. The van der Waals surface area contributed by atoms with Crippen LogP contribution in [0.15, 0.2) is 21.8 Å². The third kappa shape index (κ3) is 3.09. The van der Waals surface area contributed by atoms with E-state index in [9.17, 15) is 13.6 Å². The van der Waals surface area contributed by atoms with Crippen molar-refractivity contribution in [1.29, 1.82) is 0 Å². The number of rotatable bonds is 1. The molecule has 0 spiro atoms. The lowest BCUT2D eigenvalue weighted by molar-refractivity contribution is 0.103. The van der Waals surface area contributed by atoms with Gasteiger partial charge < -0.3 is 4.98 Å². The van der Waals surface area contributed by atoms with Gasteiger partial charge in [0.2, 0.25) is 0 Å². The van der Waals surface area contributed by atoms with E-state index in [1.807, 2.05) is 13.8 Å². The van der Waals surface area contributed by atoms with Crippen molar-refractivity contribution in [3.63, 3.8) is 0 Å². The van der Waals surface area contributed by atoms with Gasteiger partial charge in [0.15, 0.2) is 5.52 Å². The topological polar surface area (TPSA) is 58.6 Å². The van der Waals surface area contributed by atoms with E-state index >= 15 is 0 Å². The predicted octanol–water partition coefficient (Wildman–Crippen LogP) is 3.03. The summed E-state index contributed by atoms with van der Waals surface area (Å²) < 4.78 is 26.2. The molecule has 1 N–H and O–H groups in total. The van der Waals surface area contributed by atoms with E-state index < -0.39 is 11.2 Å². The molecular formula is C10H11BrF2N3OP. The van der Waals surface area contributed by atoms with Crippen LogP contribution in [0.25, 0.3) is 11.0 Å². The summed E-state index contributed by atoms with van der Waals surface area (Å²) in [5, 5.41) is 0. The third-order valence-corrected chi connectivity index (χ3v) is 2.84. The van der Waals surface area contributed by atoms with E-state index in [2.05, 4.69) is 30.9 Å². The first kappa shape index (κ1) is 15.1. The lowest BCUT2D eigenvalue weighted by atomic mass is 10.2. The summed E-state index contributed by atoms with van der Waals surface area (Å²) in [5.41, 5.74) is -3.77. The van der Waals surface area contributed by atoms with Crippen molar-refractivity contribution in [2.24, 2.45) is 0 Å². The maximum absolute atomic E-state index is 13.1. The second kappa shape index (κ2) is 5.80. The Morgan fingerprint density at radius 1 is 1.44 bits per heavy atom. The van der Waals surface area contributed by atoms with E-state index in [0.29, 0.717) is 0 Å². The summed E-state index contributed by atoms with van der Waals surface area (Å²) in [6.07, 6.45) is 1.14. The summed E-state index contributed by atoms with van der Waals surface area (Å²) in [4.78, 5) is 21.2. The number of H-pyrrole nitrogens is 1. The molecule has 2 heterocycles. The van der Waals surface area contributed by atoms with Gasteiger partial charge in [-0.2, -0.15) is 8.78 Å². The zero-order chi connectivity index (χ0) is 13.9. The average molecular weight is 338 g/mol. The highest BCUT2D eigenvalue weighted by Crippen LogP contribution is 2.38. The largest absolute Gasteiger partial charge is 0.311 e. The number of pyridine rings is 1. The van der Waals surface area contributed by atoms with Crippen LogP contribution in [0.5, 0.6) is 0 Å². The highest BCUT2D eigenvalue weighted by molar-refractivity contribution is 9.10. The van der Waals surface area contributed by atoms with Crippen LogP contribution in [0.1, 0.15) is 19.4 Å². The Kier molecular flexibility index (Phi) is 4.87. The second-order valence-corrected chi connectivity index (χ2v) is 4.53. The van der Waals surface area contributed by atoms with E-state index in [1.54, 1.807) is 0 Å². The Balaban J connectivity index is 0.000000771. The van der Waals surface area contributed by atoms with Gasteiger partial charge in [-0.25, -0.2) is 9.97 Å². The van der Waals surface area contributed by atoms with Gasteiger partial charge in [-0.1, -0.05) is 23.1 Å². The molecule has 0 aromatic carbocycles. The number of aromatic nitrogens is 3. The number of alkyl halides is 2. The molecule has 0 saturated carbocycles. The molecule has 0 aliphatic carbocycles. The smallest absolute Gasteiger partial charge is 0.286 e. The van der Waals surface area contributed by atoms with Gasteiger partial charge in [0, 0.05) is 0 Å². The van der Waals surface area contributed by atoms with Crippen molar-refractivity contribution < 1.29 is 8.78 Å². The molecule has 98 valence electrons. The molecule has 0 saturated heterocycles. The molecule has 4 nitrogen and oxygen atoms in total. The molecule has 0 aliphatic rings. The van der Waals surface area contributed by atoms with Gasteiger partial charge in [0.25, 0.3) is 11.2 Å². The zero-order valence-electron chi connectivity index (χ0n) is 9.67. The fourth-order valence-corrected chi connectivity index (χ4v) is 2.20. The SMILES string of the molecule is CC.O=c1[nH]cnc2cc(C(F)(F)P)c(Br)nc12. The van der Waals surface area contributed by atoms with Crippen LogP contribution >= 0.6 is 25.2 Å². The molecule has 0 amide bonds. The fraction of sp³-hybridized carbons (Fsp3) is 0.300. The summed E-state index contributed by atoms with van der Waals surface area (Å²) in [6.45, 7) is 4.00. The number of hydrogen-bond donors (Lipinski definition) is 1. The molecule has 2 rings (SSSR count). The van der Waals surface area contributed by atoms with Gasteiger partial charge in [0.05, 0.1) is 17.4 Å². The lowest BCUT2D eigenvalue weighted by Crippen LogP contribution is -2.11. The maximum atomic E-state index is 13.1. The summed E-state index contributed by atoms with van der Waals surface area (Å²) in [7, 11) is 1.41. The van der Waals surface area contributed by atoms with E-state index in [-0.39, 0.29) is 21.2 Å². The van der Waals surface area contributed by atoms with Crippen LogP contribution in [0.4, 0.5) is 8.78 Å². The number of nitrogens with zero attached hydrogens (tertiary/aromatic N) is 2. The van der Waals surface area contributed by atoms with Crippen LogP contribution in [-0.2, 0) is 5.66 Å². The molecule has 2 aromatic rings. The van der Waals surface area contributed by atoms with Gasteiger partial charge in [0.1, 0.15) is 4.60 Å². The summed E-state index contributed by atoms with van der Waals surface area (Å²) in [5.74, 6) is 0. The Morgan fingerprint density at radius 2 is 2.06 bits per heavy atom. The average Bonchev–Trinajstić information content (AvgIpc) is 2.31. The quantitative estimate of drug-likeness (QED) is 0.642. The Morgan fingerprint density at radius 3 is 2.61 bits per heavy atom. The fourth-order valence-electron chi connectivity index (χ4n) is 1.21. The van der Waals surface area contributed by atoms with Crippen molar-refractivity contribution in [2.45, 2.75) is 19.5 Å². The van der Waals surface area contributed by atoms with Crippen LogP contribution in [-0.4, -0.2) is 15.0 Å². The first-order valence-corrected chi connectivity index (χ1v) is 6.48. The van der Waals surface area contributed by atoms with Crippen molar-refractivity contribution in [3.05, 3.63) is 32.9 Å². The Bertz CT molecular complexity index is 612. The van der Waals surface area contributed by atoms with Crippen molar-refractivity contribution in [1.82, 2.24) is 15.0 Å². The normalized spacial score (nSPS) is 11.0. The second-order valence-electron chi connectivity index (χ2n) is 3.05. The van der Waals surface area contributed by atoms with Gasteiger partial charge >= 0.3 is 0 Å². The maximum Gasteiger partial charge on any atom is 0.286 e. The molecular weight excluding hydrogens is 327 g/mol. The third-order valence-electron chi connectivity index (χ3n) is 1.93. The standard InChI is InChI=1S/C8H5BrF2N3OP.C2H6/c9-6-3(8(10,11)16)1-4-5(14-6)7(15)13-2-12-4;1-2/h1-2H,16H2,(H,12,13,15);1-2H3. The molecule has 1 unspecified atom stereocenters. The van der Waals surface area contributed by atoms with E-state index in [1.165, 1.54) is 9.24 Å². The molecule has 1 atom stereocenters. The molecule has 18 heavy (non-hydrogen) atoms. The highest BCUT2D eigenvalue weighted by atomic mass is 79.9. The Hall–Kier alpha value is -0.940. The first-order valence-electron chi connectivity index (χ1n) is 5.10. The van der Waals surface area contributed by atoms with Crippen LogP contribution in [0.2, 0.25) is 0 Å². The minimum Gasteiger partial charge on any atom is -0.311 e. The molecule has 8 heteroatoms. The van der Waals surface area contributed by atoms with Crippen LogP contribution in [0.3, 0.4) is 0 Å². The van der Waals surface area contributed by atoms with Crippen LogP contribution < -0.4 is 5.56 Å². The van der Waals surface area contributed by atoms with Crippen molar-refractivity contribution in [3.8, 4) is 0 Å². The highest BCUT2D eigenvalue weighted by Gasteiger charge is 2.29. The molecule has 0 fully saturated rings. The number of hydrogen-bond acceptors (Lipinski definition) is 3. The van der Waals surface area contributed by atoms with Gasteiger partial charge in [-0.15, -0.1) is 0 Å². The minimum atomic E-state index is -3.12. The summed E-state index contributed by atoms with van der Waals surface area (Å²) >= 11 is 2.90. The minimum absolute atomic E-state index is 0.0207. The monoisotopic (exact) mass is 337 g/mol. The zero-order valence-corrected chi connectivity index (χ0v) is 12.4. The van der Waals surface area contributed by atoms with E-state index in [4.69, 9.17) is 0 Å². The van der Waals surface area contributed by atoms with Gasteiger partial charge in [-0.05, 0) is 22.0 Å². The number of nitrogens with one attached hydrogen (secondary N) is 1. The first-order chi connectivity index (χ1) is 8.39. The van der Waals surface area contributed by atoms with Gasteiger partial charge in [-0.3, -0.25) is 4.79 Å². The molecule has 0 aliphatic heterocycles. The number of aromatic amines is 1. The summed E-state index contributed by atoms with van der Waals surface area (Å²) in [6, 6.07) is 1.13. The lowest BCUT2D eigenvalue weighted by Gasteiger charge is -2.12.